The number of amides is 1. The van der Waals surface area contributed by atoms with E-state index in [4.69, 9.17) is 27.9 Å². The fourth-order valence-corrected chi connectivity index (χ4v) is 3.43. The molecule has 0 radical (unpaired) electrons. The van der Waals surface area contributed by atoms with Crippen molar-refractivity contribution in [3.63, 3.8) is 0 Å². The minimum atomic E-state index is 0.0211. The number of benzene rings is 1. The van der Waals surface area contributed by atoms with Crippen LogP contribution in [0, 0.1) is 6.92 Å². The molecule has 1 aromatic heterocycles. The van der Waals surface area contributed by atoms with Gasteiger partial charge in [-0.05, 0) is 43.5 Å². The maximum atomic E-state index is 12.9. The monoisotopic (exact) mass is 378 g/mol. The van der Waals surface area contributed by atoms with Crippen molar-refractivity contribution in [2.45, 2.75) is 38.8 Å². The van der Waals surface area contributed by atoms with Crippen molar-refractivity contribution in [2.75, 3.05) is 7.11 Å². The Morgan fingerprint density at radius 1 is 1.28 bits per heavy atom. The van der Waals surface area contributed by atoms with Gasteiger partial charge in [0, 0.05) is 28.9 Å². The summed E-state index contributed by atoms with van der Waals surface area (Å²) in [6.45, 7) is 2.39. The second-order valence-electron chi connectivity index (χ2n) is 6.29. The Balaban J connectivity index is 1.75. The summed E-state index contributed by atoms with van der Waals surface area (Å²) >= 11 is 12.5. The zero-order valence-corrected chi connectivity index (χ0v) is 15.8. The molecule has 0 saturated heterocycles. The van der Waals surface area contributed by atoms with E-state index >= 15 is 0 Å². The van der Waals surface area contributed by atoms with Crippen molar-refractivity contribution in [3.05, 3.63) is 57.3 Å². The molecule has 0 atom stereocenters. The highest BCUT2D eigenvalue weighted by molar-refractivity contribution is 6.35. The lowest BCUT2D eigenvalue weighted by Crippen LogP contribution is -2.34. The van der Waals surface area contributed by atoms with Gasteiger partial charge in [-0.25, -0.2) is 4.98 Å². The van der Waals surface area contributed by atoms with Crippen LogP contribution in [0.5, 0.6) is 5.75 Å². The number of ether oxygens (including phenoxy) is 1. The van der Waals surface area contributed by atoms with Crippen LogP contribution in [-0.2, 0) is 17.8 Å². The minimum absolute atomic E-state index is 0.0211. The summed E-state index contributed by atoms with van der Waals surface area (Å²) in [5, 5.41) is 0.796. The Bertz CT molecular complexity index is 750. The summed E-state index contributed by atoms with van der Waals surface area (Å²) in [5.74, 6) is 0.824. The Morgan fingerprint density at radius 2 is 1.96 bits per heavy atom. The lowest BCUT2D eigenvalue weighted by atomic mass is 10.1. The van der Waals surface area contributed by atoms with Gasteiger partial charge in [-0.2, -0.15) is 0 Å². The molecule has 1 amide bonds. The number of aromatic nitrogens is 1. The lowest BCUT2D eigenvalue weighted by Gasteiger charge is -2.23. The molecule has 25 heavy (non-hydrogen) atoms. The van der Waals surface area contributed by atoms with Gasteiger partial charge in [0.05, 0.1) is 13.5 Å². The highest BCUT2D eigenvalue weighted by Gasteiger charge is 2.33. The molecule has 4 nitrogen and oxygen atoms in total. The van der Waals surface area contributed by atoms with Gasteiger partial charge in [0.1, 0.15) is 10.9 Å². The molecule has 0 aliphatic heterocycles. The summed E-state index contributed by atoms with van der Waals surface area (Å²) in [6.07, 6.45) is 2.24. The molecule has 1 fully saturated rings. The van der Waals surface area contributed by atoms with Crippen LogP contribution in [0.25, 0.3) is 0 Å². The molecule has 1 saturated carbocycles. The number of nitrogens with zero attached hydrogens (tertiary/aromatic N) is 2. The number of carbonyl (C=O) groups excluding carboxylic acids is 1. The first-order chi connectivity index (χ1) is 12.0. The SMILES string of the molecule is COc1ccc(CN(C(=O)Cc2c(Cl)cc(C)nc2Cl)C2CC2)cc1. The first-order valence-corrected chi connectivity index (χ1v) is 8.97. The molecule has 0 N–H and O–H groups in total. The van der Waals surface area contributed by atoms with Gasteiger partial charge in [-0.3, -0.25) is 4.79 Å². The van der Waals surface area contributed by atoms with E-state index in [1.54, 1.807) is 13.2 Å². The highest BCUT2D eigenvalue weighted by atomic mass is 35.5. The number of halogens is 2. The van der Waals surface area contributed by atoms with Crippen molar-refractivity contribution >= 4 is 29.1 Å². The van der Waals surface area contributed by atoms with E-state index < -0.39 is 0 Å². The van der Waals surface area contributed by atoms with Crippen LogP contribution in [0.3, 0.4) is 0 Å². The third-order valence-corrected chi connectivity index (χ3v) is 4.95. The van der Waals surface area contributed by atoms with E-state index in [0.29, 0.717) is 28.3 Å². The number of hydrogen-bond acceptors (Lipinski definition) is 3. The van der Waals surface area contributed by atoms with Crippen molar-refractivity contribution in [3.8, 4) is 5.75 Å². The van der Waals surface area contributed by atoms with E-state index in [1.807, 2.05) is 36.1 Å². The van der Waals surface area contributed by atoms with E-state index in [9.17, 15) is 4.79 Å². The topological polar surface area (TPSA) is 42.4 Å². The third-order valence-electron chi connectivity index (χ3n) is 4.30. The summed E-state index contributed by atoms with van der Waals surface area (Å²) in [4.78, 5) is 19.0. The number of carbonyl (C=O) groups is 1. The molecular weight excluding hydrogens is 359 g/mol. The van der Waals surface area contributed by atoms with Crippen LogP contribution in [0.1, 0.15) is 29.7 Å². The lowest BCUT2D eigenvalue weighted by molar-refractivity contribution is -0.131. The van der Waals surface area contributed by atoms with Crippen molar-refractivity contribution in [1.29, 1.82) is 0 Å². The largest absolute Gasteiger partial charge is 0.497 e. The molecule has 2 aromatic rings. The second-order valence-corrected chi connectivity index (χ2v) is 7.06. The van der Waals surface area contributed by atoms with Gasteiger partial charge in [0.25, 0.3) is 0 Å². The maximum Gasteiger partial charge on any atom is 0.227 e. The molecular formula is C19H20Cl2N2O2. The molecule has 1 aromatic carbocycles. The minimum Gasteiger partial charge on any atom is -0.497 e. The first-order valence-electron chi connectivity index (χ1n) is 8.22. The zero-order valence-electron chi connectivity index (χ0n) is 14.3. The molecule has 3 rings (SSSR count). The quantitative estimate of drug-likeness (QED) is 0.697. The van der Waals surface area contributed by atoms with Crippen LogP contribution in [0.4, 0.5) is 0 Å². The van der Waals surface area contributed by atoms with Crippen LogP contribution in [0.2, 0.25) is 10.2 Å². The highest BCUT2D eigenvalue weighted by Crippen LogP contribution is 2.31. The maximum absolute atomic E-state index is 12.9. The number of methoxy groups -OCH3 is 1. The molecule has 132 valence electrons. The molecule has 0 unspecified atom stereocenters. The molecule has 1 heterocycles. The predicted octanol–water partition coefficient (Wildman–Crippen LogP) is 4.44. The van der Waals surface area contributed by atoms with Crippen molar-refractivity contribution in [2.24, 2.45) is 0 Å². The van der Waals surface area contributed by atoms with Gasteiger partial charge in [-0.15, -0.1) is 0 Å². The number of pyridine rings is 1. The third kappa shape index (κ3) is 4.44. The zero-order chi connectivity index (χ0) is 18.0. The van der Waals surface area contributed by atoms with E-state index in [2.05, 4.69) is 4.98 Å². The van der Waals surface area contributed by atoms with Gasteiger partial charge in [0.2, 0.25) is 5.91 Å². The van der Waals surface area contributed by atoms with Gasteiger partial charge in [0.15, 0.2) is 0 Å². The van der Waals surface area contributed by atoms with Crippen molar-refractivity contribution in [1.82, 2.24) is 9.88 Å². The Hall–Kier alpha value is -1.78. The molecule has 0 spiro atoms. The molecule has 1 aliphatic rings. The van der Waals surface area contributed by atoms with Crippen LogP contribution >= 0.6 is 23.2 Å². The van der Waals surface area contributed by atoms with E-state index in [1.165, 1.54) is 0 Å². The Morgan fingerprint density at radius 3 is 2.52 bits per heavy atom. The van der Waals surface area contributed by atoms with Crippen LogP contribution in [-0.4, -0.2) is 28.9 Å². The van der Waals surface area contributed by atoms with Gasteiger partial charge >= 0.3 is 0 Å². The Labute approximate surface area is 157 Å². The van der Waals surface area contributed by atoms with Crippen molar-refractivity contribution < 1.29 is 9.53 Å². The smallest absolute Gasteiger partial charge is 0.227 e. The molecule has 6 heteroatoms. The Kier molecular flexibility index (Phi) is 5.50. The summed E-state index contributed by atoms with van der Waals surface area (Å²) in [7, 11) is 1.64. The second kappa shape index (κ2) is 7.63. The van der Waals surface area contributed by atoms with Crippen LogP contribution in [0.15, 0.2) is 30.3 Å². The van der Waals surface area contributed by atoms with E-state index in [0.717, 1.165) is 29.8 Å². The average molecular weight is 379 g/mol. The fraction of sp³-hybridized carbons (Fsp3) is 0.368. The normalized spacial score (nSPS) is 13.6. The first kappa shape index (κ1) is 18.0. The number of hydrogen-bond donors (Lipinski definition) is 0. The fourth-order valence-electron chi connectivity index (χ4n) is 2.77. The average Bonchev–Trinajstić information content (AvgIpc) is 3.41. The summed E-state index contributed by atoms with van der Waals surface area (Å²) in [6, 6.07) is 9.81. The number of rotatable bonds is 6. The number of aryl methyl sites for hydroxylation is 1. The van der Waals surface area contributed by atoms with Gasteiger partial charge < -0.3 is 9.64 Å². The summed E-state index contributed by atoms with van der Waals surface area (Å²) in [5.41, 5.74) is 2.41. The summed E-state index contributed by atoms with van der Waals surface area (Å²) < 4.78 is 5.18. The van der Waals surface area contributed by atoms with Gasteiger partial charge in [-0.1, -0.05) is 35.3 Å². The van der Waals surface area contributed by atoms with E-state index in [-0.39, 0.29) is 12.3 Å². The van der Waals surface area contributed by atoms with Crippen LogP contribution < -0.4 is 4.74 Å². The predicted molar refractivity (Wildman–Crippen MR) is 99.3 cm³/mol. The molecule has 0 bridgehead atoms. The standard InChI is InChI=1S/C19H20Cl2N2O2/c1-12-9-17(20)16(19(21)22-12)10-18(24)23(14-5-6-14)11-13-3-7-15(25-2)8-4-13/h3-4,7-9,14H,5-6,10-11H2,1-2H3. The molecule has 1 aliphatic carbocycles.